The predicted molar refractivity (Wildman–Crippen MR) is 58.9 cm³/mol. The summed E-state index contributed by atoms with van der Waals surface area (Å²) in [5.74, 6) is 0.00506. The molecule has 0 aliphatic heterocycles. The van der Waals surface area contributed by atoms with Gasteiger partial charge in [-0.15, -0.1) is 11.6 Å². The molecule has 2 rings (SSSR count). The van der Waals surface area contributed by atoms with Crippen molar-refractivity contribution in [1.29, 1.82) is 0 Å². The van der Waals surface area contributed by atoms with Gasteiger partial charge in [0.15, 0.2) is 11.6 Å². The maximum Gasteiger partial charge on any atom is 0.165 e. The average Bonchev–Trinajstić information content (AvgIpc) is 2.20. The molecule has 0 radical (unpaired) electrons. The van der Waals surface area contributed by atoms with Crippen molar-refractivity contribution in [2.75, 3.05) is 0 Å². The third-order valence-electron chi connectivity index (χ3n) is 3.16. The molecule has 1 aromatic rings. The van der Waals surface area contributed by atoms with E-state index in [1.807, 2.05) is 13.8 Å². The molecule has 0 spiro atoms. The Morgan fingerprint density at radius 1 is 1.40 bits per heavy atom. The zero-order chi connectivity index (χ0) is 11.1. The van der Waals surface area contributed by atoms with E-state index in [2.05, 4.69) is 0 Å². The van der Waals surface area contributed by atoms with Crippen molar-refractivity contribution in [1.82, 2.24) is 0 Å². The van der Waals surface area contributed by atoms with Crippen LogP contribution in [0.5, 0.6) is 5.75 Å². The molecule has 82 valence electrons. The van der Waals surface area contributed by atoms with Crippen LogP contribution in [0, 0.1) is 11.2 Å². The second-order valence-corrected chi connectivity index (χ2v) is 5.09. The summed E-state index contributed by atoms with van der Waals surface area (Å²) in [6.45, 7) is 4.08. The van der Waals surface area contributed by atoms with Crippen LogP contribution in [0.1, 0.15) is 20.3 Å². The lowest BCUT2D eigenvalue weighted by Crippen LogP contribution is -2.53. The van der Waals surface area contributed by atoms with Crippen molar-refractivity contribution in [2.45, 2.75) is 31.7 Å². The summed E-state index contributed by atoms with van der Waals surface area (Å²) in [7, 11) is 0. The van der Waals surface area contributed by atoms with Gasteiger partial charge in [-0.2, -0.15) is 0 Å². The van der Waals surface area contributed by atoms with Crippen LogP contribution in [-0.4, -0.2) is 11.5 Å². The maximum atomic E-state index is 13.3. The largest absolute Gasteiger partial charge is 0.487 e. The van der Waals surface area contributed by atoms with Gasteiger partial charge < -0.3 is 4.74 Å². The highest BCUT2D eigenvalue weighted by molar-refractivity contribution is 6.21. The Labute approximate surface area is 94.2 Å². The first kappa shape index (κ1) is 10.7. The minimum absolute atomic E-state index is 0.0110. The number of alkyl halides is 1. The summed E-state index contributed by atoms with van der Waals surface area (Å²) in [4.78, 5) is 0. The van der Waals surface area contributed by atoms with E-state index in [0.717, 1.165) is 6.42 Å². The molecule has 2 atom stereocenters. The van der Waals surface area contributed by atoms with Gasteiger partial charge in [0, 0.05) is 17.2 Å². The second-order valence-electron chi connectivity index (χ2n) is 4.56. The molecule has 0 heterocycles. The fraction of sp³-hybridized carbons (Fsp3) is 0.500. The predicted octanol–water partition coefficient (Wildman–Crippen LogP) is 3.61. The van der Waals surface area contributed by atoms with Crippen molar-refractivity contribution in [3.05, 3.63) is 30.1 Å². The molecule has 1 saturated carbocycles. The van der Waals surface area contributed by atoms with Crippen LogP contribution in [-0.2, 0) is 0 Å². The Kier molecular flexibility index (Phi) is 2.63. The third-order valence-corrected chi connectivity index (χ3v) is 3.90. The summed E-state index contributed by atoms with van der Waals surface area (Å²) in [6.07, 6.45) is 0.792. The smallest absolute Gasteiger partial charge is 0.165 e. The monoisotopic (exact) mass is 228 g/mol. The van der Waals surface area contributed by atoms with E-state index in [4.69, 9.17) is 16.3 Å². The minimum atomic E-state index is -0.314. The molecular formula is C12H14ClFO. The molecule has 0 amide bonds. The Hall–Kier alpha value is -0.760. The fourth-order valence-electron chi connectivity index (χ4n) is 1.73. The van der Waals surface area contributed by atoms with Crippen molar-refractivity contribution in [3.63, 3.8) is 0 Å². The van der Waals surface area contributed by atoms with E-state index in [-0.39, 0.29) is 22.7 Å². The van der Waals surface area contributed by atoms with E-state index in [9.17, 15) is 4.39 Å². The zero-order valence-electron chi connectivity index (χ0n) is 8.84. The molecule has 1 fully saturated rings. The molecule has 1 aromatic carbocycles. The highest BCUT2D eigenvalue weighted by Crippen LogP contribution is 2.46. The Bertz CT molecular complexity index is 364. The van der Waals surface area contributed by atoms with Crippen molar-refractivity contribution in [2.24, 2.45) is 5.41 Å². The van der Waals surface area contributed by atoms with E-state index in [1.54, 1.807) is 18.2 Å². The quantitative estimate of drug-likeness (QED) is 0.703. The van der Waals surface area contributed by atoms with Crippen LogP contribution in [0.3, 0.4) is 0 Å². The average molecular weight is 229 g/mol. The number of ether oxygens (including phenoxy) is 1. The van der Waals surface area contributed by atoms with Crippen molar-refractivity contribution in [3.8, 4) is 5.75 Å². The molecule has 0 aromatic heterocycles. The van der Waals surface area contributed by atoms with E-state index < -0.39 is 0 Å². The van der Waals surface area contributed by atoms with Crippen LogP contribution < -0.4 is 4.74 Å². The Balaban J connectivity index is 2.08. The van der Waals surface area contributed by atoms with Crippen molar-refractivity contribution >= 4 is 11.6 Å². The molecule has 1 aliphatic carbocycles. The van der Waals surface area contributed by atoms with Crippen molar-refractivity contribution < 1.29 is 9.13 Å². The summed E-state index contributed by atoms with van der Waals surface area (Å²) in [5.41, 5.74) is -0.0795. The van der Waals surface area contributed by atoms with Gasteiger partial charge in [-0.1, -0.05) is 26.0 Å². The Morgan fingerprint density at radius 2 is 2.07 bits per heavy atom. The molecule has 15 heavy (non-hydrogen) atoms. The first-order chi connectivity index (χ1) is 7.01. The standard InChI is InChI=1S/C12H14ClFO/c1-12(2)10(13)7-11(12)15-9-6-4-3-5-8(9)14/h3-6,10-11H,7H2,1-2H3. The van der Waals surface area contributed by atoms with E-state index in [1.165, 1.54) is 6.07 Å². The Morgan fingerprint density at radius 3 is 2.60 bits per heavy atom. The van der Waals surface area contributed by atoms with Gasteiger partial charge in [0.25, 0.3) is 0 Å². The summed E-state index contributed by atoms with van der Waals surface area (Å²) < 4.78 is 18.9. The van der Waals surface area contributed by atoms with Gasteiger partial charge in [-0.05, 0) is 12.1 Å². The molecule has 2 unspecified atom stereocenters. The number of halogens is 2. The summed E-state index contributed by atoms with van der Waals surface area (Å²) >= 11 is 6.07. The van der Waals surface area contributed by atoms with Gasteiger partial charge >= 0.3 is 0 Å². The molecular weight excluding hydrogens is 215 g/mol. The molecule has 3 heteroatoms. The SMILES string of the molecule is CC1(C)C(Cl)CC1Oc1ccccc1F. The number of hydrogen-bond acceptors (Lipinski definition) is 1. The number of benzene rings is 1. The highest BCUT2D eigenvalue weighted by Gasteiger charge is 2.49. The fourth-order valence-corrected chi connectivity index (χ4v) is 2.03. The third kappa shape index (κ3) is 1.83. The molecule has 1 aliphatic rings. The van der Waals surface area contributed by atoms with Gasteiger partial charge in [0.05, 0.1) is 0 Å². The van der Waals surface area contributed by atoms with Crippen LogP contribution >= 0.6 is 11.6 Å². The maximum absolute atomic E-state index is 13.3. The molecule has 1 nitrogen and oxygen atoms in total. The molecule has 0 bridgehead atoms. The van der Waals surface area contributed by atoms with Gasteiger partial charge in [-0.3, -0.25) is 0 Å². The number of rotatable bonds is 2. The number of para-hydroxylation sites is 1. The molecule has 0 N–H and O–H groups in total. The normalized spacial score (nSPS) is 28.3. The second kappa shape index (κ2) is 3.67. The van der Waals surface area contributed by atoms with E-state index in [0.29, 0.717) is 5.75 Å². The van der Waals surface area contributed by atoms with Gasteiger partial charge in [0.2, 0.25) is 0 Å². The van der Waals surface area contributed by atoms with E-state index >= 15 is 0 Å². The molecule has 0 saturated heterocycles. The first-order valence-corrected chi connectivity index (χ1v) is 5.50. The lowest BCUT2D eigenvalue weighted by molar-refractivity contribution is -0.0153. The number of hydrogen-bond donors (Lipinski definition) is 0. The minimum Gasteiger partial charge on any atom is -0.487 e. The lowest BCUT2D eigenvalue weighted by atomic mass is 9.68. The highest BCUT2D eigenvalue weighted by atomic mass is 35.5. The lowest BCUT2D eigenvalue weighted by Gasteiger charge is -2.48. The summed E-state index contributed by atoms with van der Waals surface area (Å²) in [6, 6.07) is 6.47. The first-order valence-electron chi connectivity index (χ1n) is 5.07. The van der Waals surface area contributed by atoms with Crippen LogP contribution in [0.2, 0.25) is 0 Å². The van der Waals surface area contributed by atoms with Crippen LogP contribution in [0.25, 0.3) is 0 Å². The van der Waals surface area contributed by atoms with Crippen LogP contribution in [0.15, 0.2) is 24.3 Å². The topological polar surface area (TPSA) is 9.23 Å². The zero-order valence-corrected chi connectivity index (χ0v) is 9.59. The van der Waals surface area contributed by atoms with Crippen LogP contribution in [0.4, 0.5) is 4.39 Å². The van der Waals surface area contributed by atoms with Gasteiger partial charge in [0.1, 0.15) is 6.10 Å². The van der Waals surface area contributed by atoms with Gasteiger partial charge in [-0.25, -0.2) is 4.39 Å². The summed E-state index contributed by atoms with van der Waals surface area (Å²) in [5, 5.41) is 0.120.